The fourth-order valence-corrected chi connectivity index (χ4v) is 0.896. The van der Waals surface area contributed by atoms with Crippen LogP contribution in [0.1, 0.15) is 20.8 Å². The first-order valence-corrected chi connectivity index (χ1v) is 3.02. The zero-order valence-corrected chi connectivity index (χ0v) is 7.70. The van der Waals surface area contributed by atoms with Crippen LogP contribution in [-0.4, -0.2) is 17.3 Å². The van der Waals surface area contributed by atoms with Gasteiger partial charge in [0.2, 0.25) is 0 Å². The Balaban J connectivity index is 0. The summed E-state index contributed by atoms with van der Waals surface area (Å²) in [5.74, 6) is -1.31. The average Bonchev–Trinajstić information content (AvgIpc) is 1.59. The van der Waals surface area contributed by atoms with E-state index in [4.69, 9.17) is 5.41 Å². The number of carbonyl (C=O) groups is 2. The Bertz CT molecular complexity index is 156. The molecular formula is C7H11NNiO2. The van der Waals surface area contributed by atoms with Gasteiger partial charge in [0.1, 0.15) is 17.5 Å². The molecule has 0 atom stereocenters. The number of carbonyl (C=O) groups excluding carboxylic acids is 2. The van der Waals surface area contributed by atoms with Crippen molar-refractivity contribution < 1.29 is 26.1 Å². The predicted octanol–water partition coefficient (Wildman–Crippen LogP) is 0.818. The fraction of sp³-hybridized carbons (Fsp3) is 0.571. The molecule has 0 fully saturated rings. The molecule has 0 aliphatic heterocycles. The summed E-state index contributed by atoms with van der Waals surface area (Å²) >= 11 is 0. The van der Waals surface area contributed by atoms with E-state index in [0.29, 0.717) is 0 Å². The molecule has 4 heteroatoms. The van der Waals surface area contributed by atoms with Gasteiger partial charge < -0.3 is 5.41 Å². The van der Waals surface area contributed by atoms with Crippen LogP contribution in [0.15, 0.2) is 0 Å². The summed E-state index contributed by atoms with van der Waals surface area (Å²) < 4.78 is 0. The van der Waals surface area contributed by atoms with E-state index in [1.54, 1.807) is 0 Å². The first-order valence-electron chi connectivity index (χ1n) is 3.02. The monoisotopic (exact) mass is 199 g/mol. The van der Waals surface area contributed by atoms with Crippen LogP contribution in [0.3, 0.4) is 0 Å². The van der Waals surface area contributed by atoms with Crippen LogP contribution in [0.5, 0.6) is 0 Å². The molecule has 0 aromatic carbocycles. The van der Waals surface area contributed by atoms with Gasteiger partial charge in [-0.25, -0.2) is 0 Å². The van der Waals surface area contributed by atoms with Gasteiger partial charge in [0.05, 0.1) is 0 Å². The molecule has 3 nitrogen and oxygen atoms in total. The largest absolute Gasteiger partial charge is 0.309 e. The van der Waals surface area contributed by atoms with E-state index in [9.17, 15) is 9.59 Å². The molecule has 0 aromatic rings. The zero-order chi connectivity index (χ0) is 8.31. The third-order valence-corrected chi connectivity index (χ3v) is 1.25. The van der Waals surface area contributed by atoms with Crippen LogP contribution in [0.4, 0.5) is 0 Å². The standard InChI is InChI=1S/C7H11NO2.Ni/c1-4(8)7(5(2)9)6(3)10;/h7-8H,1-3H3;. The number of hydrogen-bond donors (Lipinski definition) is 1. The number of hydrogen-bond acceptors (Lipinski definition) is 3. The van der Waals surface area contributed by atoms with E-state index in [0.717, 1.165) is 0 Å². The first-order chi connectivity index (χ1) is 4.46. The molecule has 0 heterocycles. The SMILES string of the molecule is CC(=N)C(C(C)=O)C(C)=O.[Ni]. The summed E-state index contributed by atoms with van der Waals surface area (Å²) in [4.78, 5) is 21.3. The topological polar surface area (TPSA) is 58.0 Å². The van der Waals surface area contributed by atoms with Gasteiger partial charge in [-0.05, 0) is 20.8 Å². The van der Waals surface area contributed by atoms with Gasteiger partial charge in [-0.15, -0.1) is 0 Å². The van der Waals surface area contributed by atoms with Crippen LogP contribution in [0, 0.1) is 11.3 Å². The van der Waals surface area contributed by atoms with Crippen LogP contribution in [0.25, 0.3) is 0 Å². The van der Waals surface area contributed by atoms with Crippen molar-refractivity contribution in [3.63, 3.8) is 0 Å². The van der Waals surface area contributed by atoms with Gasteiger partial charge in [-0.1, -0.05) is 0 Å². The van der Waals surface area contributed by atoms with E-state index in [1.165, 1.54) is 20.8 Å². The molecule has 0 aliphatic carbocycles. The minimum Gasteiger partial charge on any atom is -0.309 e. The third-order valence-electron chi connectivity index (χ3n) is 1.25. The Morgan fingerprint density at radius 3 is 1.36 bits per heavy atom. The number of ketones is 2. The molecule has 0 amide bonds. The molecule has 0 spiro atoms. The number of nitrogens with one attached hydrogen (secondary N) is 1. The maximum absolute atomic E-state index is 10.7. The molecular weight excluding hydrogens is 189 g/mol. The maximum atomic E-state index is 10.7. The Labute approximate surface area is 76.0 Å². The van der Waals surface area contributed by atoms with Crippen molar-refractivity contribution in [2.75, 3.05) is 0 Å². The summed E-state index contributed by atoms with van der Waals surface area (Å²) in [6.07, 6.45) is 0. The predicted molar refractivity (Wildman–Crippen MR) is 38.3 cm³/mol. The first kappa shape index (κ1) is 13.1. The summed E-state index contributed by atoms with van der Waals surface area (Å²) in [6.45, 7) is 4.11. The van der Waals surface area contributed by atoms with Crippen molar-refractivity contribution in [3.8, 4) is 0 Å². The van der Waals surface area contributed by atoms with Crippen LogP contribution >= 0.6 is 0 Å². The summed E-state index contributed by atoms with van der Waals surface area (Å²) in [6, 6.07) is 0. The second kappa shape index (κ2) is 5.19. The van der Waals surface area contributed by atoms with Crippen molar-refractivity contribution in [1.29, 1.82) is 5.41 Å². The number of Topliss-reactive ketones (excluding diaryl/α,β-unsaturated/α-hetero) is 2. The summed E-state index contributed by atoms with van der Waals surface area (Å²) in [5.41, 5.74) is 0.125. The van der Waals surface area contributed by atoms with Crippen molar-refractivity contribution in [2.45, 2.75) is 20.8 Å². The molecule has 0 aromatic heterocycles. The van der Waals surface area contributed by atoms with Crippen LogP contribution in [-0.2, 0) is 26.1 Å². The van der Waals surface area contributed by atoms with Gasteiger partial charge in [-0.2, -0.15) is 0 Å². The van der Waals surface area contributed by atoms with Crippen molar-refractivity contribution in [3.05, 3.63) is 0 Å². The van der Waals surface area contributed by atoms with Gasteiger partial charge >= 0.3 is 0 Å². The zero-order valence-electron chi connectivity index (χ0n) is 6.71. The minimum atomic E-state index is -0.806. The average molecular weight is 200 g/mol. The van der Waals surface area contributed by atoms with Crippen LogP contribution in [0.2, 0.25) is 0 Å². The Hall–Kier alpha value is -0.496. The summed E-state index contributed by atoms with van der Waals surface area (Å²) in [7, 11) is 0. The van der Waals surface area contributed by atoms with E-state index >= 15 is 0 Å². The van der Waals surface area contributed by atoms with Crippen molar-refractivity contribution >= 4 is 17.3 Å². The smallest absolute Gasteiger partial charge is 0.145 e. The molecule has 11 heavy (non-hydrogen) atoms. The Morgan fingerprint density at radius 1 is 1.09 bits per heavy atom. The number of rotatable bonds is 3. The molecule has 0 aliphatic rings. The molecule has 0 saturated heterocycles. The molecule has 0 unspecified atom stereocenters. The Kier molecular flexibility index (Phi) is 6.19. The second-order valence-electron chi connectivity index (χ2n) is 2.34. The molecule has 0 radical (unpaired) electrons. The summed E-state index contributed by atoms with van der Waals surface area (Å²) in [5, 5.41) is 7.07. The van der Waals surface area contributed by atoms with Gasteiger partial charge in [-0.3, -0.25) is 9.59 Å². The molecule has 66 valence electrons. The molecule has 0 bridgehead atoms. The van der Waals surface area contributed by atoms with Gasteiger partial charge in [0, 0.05) is 22.2 Å². The van der Waals surface area contributed by atoms with Gasteiger partial charge in [0.15, 0.2) is 0 Å². The van der Waals surface area contributed by atoms with Crippen molar-refractivity contribution in [1.82, 2.24) is 0 Å². The minimum absolute atomic E-state index is 0. The molecule has 0 saturated carbocycles. The van der Waals surface area contributed by atoms with Crippen LogP contribution < -0.4 is 0 Å². The fourth-order valence-electron chi connectivity index (χ4n) is 0.896. The van der Waals surface area contributed by atoms with E-state index in [-0.39, 0.29) is 33.8 Å². The molecule has 1 N–H and O–H groups in total. The second-order valence-corrected chi connectivity index (χ2v) is 2.34. The third kappa shape index (κ3) is 4.04. The molecule has 0 rings (SSSR count). The van der Waals surface area contributed by atoms with Gasteiger partial charge in [0.25, 0.3) is 0 Å². The maximum Gasteiger partial charge on any atom is 0.145 e. The van der Waals surface area contributed by atoms with Crippen molar-refractivity contribution in [2.24, 2.45) is 5.92 Å². The quantitative estimate of drug-likeness (QED) is 0.416. The van der Waals surface area contributed by atoms with E-state index < -0.39 is 5.92 Å². The van der Waals surface area contributed by atoms with E-state index in [1.807, 2.05) is 0 Å². The normalized spacial score (nSPS) is 8.73. The Morgan fingerprint density at radius 2 is 1.36 bits per heavy atom. The van der Waals surface area contributed by atoms with E-state index in [2.05, 4.69) is 0 Å².